The van der Waals surface area contributed by atoms with E-state index in [0.717, 1.165) is 31.1 Å². The average molecular weight is 254 g/mol. The molecule has 2 heterocycles. The normalized spacial score (nSPS) is 19.4. The molecule has 1 aliphatic rings. The predicted molar refractivity (Wildman–Crippen MR) is 76.2 cm³/mol. The number of aryl methyl sites for hydroxylation is 1. The van der Waals surface area contributed by atoms with Crippen molar-refractivity contribution in [2.75, 3.05) is 24.5 Å². The molecule has 19 heavy (non-hydrogen) atoms. The number of aromatic nitrogens is 2. The van der Waals surface area contributed by atoms with Gasteiger partial charge in [0.15, 0.2) is 0 Å². The van der Waals surface area contributed by atoms with Gasteiger partial charge in [0.05, 0.1) is 6.04 Å². The van der Waals surface area contributed by atoms with Gasteiger partial charge in [-0.2, -0.15) is 0 Å². The van der Waals surface area contributed by atoms with E-state index in [9.17, 15) is 0 Å². The van der Waals surface area contributed by atoms with Gasteiger partial charge in [0.25, 0.3) is 0 Å². The third-order valence-electron chi connectivity index (χ3n) is 3.51. The van der Waals surface area contributed by atoms with Crippen molar-refractivity contribution in [3.63, 3.8) is 0 Å². The van der Waals surface area contributed by atoms with Crippen LogP contribution in [-0.4, -0.2) is 29.6 Å². The van der Waals surface area contributed by atoms with Crippen LogP contribution in [0, 0.1) is 6.92 Å². The number of benzene rings is 1. The van der Waals surface area contributed by atoms with Crippen molar-refractivity contribution in [1.29, 1.82) is 0 Å². The van der Waals surface area contributed by atoms with E-state index in [0.29, 0.717) is 6.04 Å². The second-order valence-electron chi connectivity index (χ2n) is 4.84. The Morgan fingerprint density at radius 3 is 2.84 bits per heavy atom. The molecule has 0 saturated carbocycles. The Labute approximate surface area is 113 Å². The molecule has 1 aromatic heterocycles. The average Bonchev–Trinajstić information content (AvgIpc) is 2.48. The number of hydrogen-bond acceptors (Lipinski definition) is 4. The van der Waals surface area contributed by atoms with E-state index in [1.807, 2.05) is 6.92 Å². The molecule has 98 valence electrons. The van der Waals surface area contributed by atoms with Gasteiger partial charge in [-0.3, -0.25) is 0 Å². The summed E-state index contributed by atoms with van der Waals surface area (Å²) in [6, 6.07) is 13.0. The van der Waals surface area contributed by atoms with E-state index in [2.05, 4.69) is 56.6 Å². The molecule has 1 unspecified atom stereocenters. The number of anilines is 1. The molecule has 3 rings (SSSR count). The fraction of sp³-hybridized carbons (Fsp3) is 0.333. The number of rotatable bonds is 2. The lowest BCUT2D eigenvalue weighted by molar-refractivity contribution is 0.486. The van der Waals surface area contributed by atoms with Gasteiger partial charge in [-0.1, -0.05) is 30.3 Å². The van der Waals surface area contributed by atoms with Gasteiger partial charge in [0, 0.05) is 31.4 Å². The molecule has 1 saturated heterocycles. The van der Waals surface area contributed by atoms with Crippen LogP contribution < -0.4 is 10.2 Å². The summed E-state index contributed by atoms with van der Waals surface area (Å²) >= 11 is 0. The lowest BCUT2D eigenvalue weighted by atomic mass is 10.0. The molecule has 1 aromatic carbocycles. The van der Waals surface area contributed by atoms with Crippen LogP contribution in [0.3, 0.4) is 0 Å². The molecular formula is C15H18N4. The molecule has 4 nitrogen and oxygen atoms in total. The summed E-state index contributed by atoms with van der Waals surface area (Å²) in [5.74, 6) is 1.02. The highest BCUT2D eigenvalue weighted by Gasteiger charge is 2.24. The van der Waals surface area contributed by atoms with E-state index in [-0.39, 0.29) is 0 Å². The van der Waals surface area contributed by atoms with Crippen molar-refractivity contribution in [2.24, 2.45) is 0 Å². The molecule has 0 radical (unpaired) electrons. The molecular weight excluding hydrogens is 236 g/mol. The van der Waals surface area contributed by atoms with Gasteiger partial charge in [-0.05, 0) is 12.5 Å². The number of piperazine rings is 1. The van der Waals surface area contributed by atoms with Crippen molar-refractivity contribution in [1.82, 2.24) is 15.3 Å². The number of nitrogens with zero attached hydrogens (tertiary/aromatic N) is 3. The smallest absolute Gasteiger partial charge is 0.132 e. The van der Waals surface area contributed by atoms with Gasteiger partial charge in [0.2, 0.25) is 0 Å². The lowest BCUT2D eigenvalue weighted by Crippen LogP contribution is -2.46. The SMILES string of the molecule is Cc1cc(N2CCNCC2c2ccccc2)ncn1. The molecule has 1 fully saturated rings. The van der Waals surface area contributed by atoms with Gasteiger partial charge < -0.3 is 10.2 Å². The number of hydrogen-bond donors (Lipinski definition) is 1. The van der Waals surface area contributed by atoms with E-state index in [4.69, 9.17) is 0 Å². The zero-order valence-corrected chi connectivity index (χ0v) is 11.1. The molecule has 0 aliphatic carbocycles. The van der Waals surface area contributed by atoms with Crippen LogP contribution in [0.2, 0.25) is 0 Å². The van der Waals surface area contributed by atoms with E-state index in [1.165, 1.54) is 5.56 Å². The van der Waals surface area contributed by atoms with Crippen molar-refractivity contribution in [3.8, 4) is 0 Å². The fourth-order valence-corrected chi connectivity index (χ4v) is 2.55. The van der Waals surface area contributed by atoms with Crippen LogP contribution in [0.4, 0.5) is 5.82 Å². The molecule has 0 amide bonds. The third kappa shape index (κ3) is 2.58. The van der Waals surface area contributed by atoms with E-state index in [1.54, 1.807) is 6.33 Å². The Morgan fingerprint density at radius 2 is 2.05 bits per heavy atom. The molecule has 2 aromatic rings. The van der Waals surface area contributed by atoms with Crippen molar-refractivity contribution in [2.45, 2.75) is 13.0 Å². The van der Waals surface area contributed by atoms with Crippen molar-refractivity contribution >= 4 is 5.82 Å². The lowest BCUT2D eigenvalue weighted by Gasteiger charge is -2.37. The van der Waals surface area contributed by atoms with Crippen LogP contribution in [0.25, 0.3) is 0 Å². The van der Waals surface area contributed by atoms with Gasteiger partial charge in [-0.15, -0.1) is 0 Å². The quantitative estimate of drug-likeness (QED) is 0.889. The summed E-state index contributed by atoms with van der Waals surface area (Å²) in [4.78, 5) is 11.0. The minimum atomic E-state index is 0.337. The zero-order chi connectivity index (χ0) is 13.1. The maximum atomic E-state index is 4.43. The summed E-state index contributed by atoms with van der Waals surface area (Å²) in [6.07, 6.45) is 1.65. The molecule has 1 N–H and O–H groups in total. The van der Waals surface area contributed by atoms with Crippen molar-refractivity contribution in [3.05, 3.63) is 54.0 Å². The highest BCUT2D eigenvalue weighted by Crippen LogP contribution is 2.26. The first-order valence-corrected chi connectivity index (χ1v) is 6.65. The minimum Gasteiger partial charge on any atom is -0.347 e. The molecule has 1 aliphatic heterocycles. The molecule has 0 bridgehead atoms. The minimum absolute atomic E-state index is 0.337. The summed E-state index contributed by atoms with van der Waals surface area (Å²) in [5.41, 5.74) is 2.33. The highest BCUT2D eigenvalue weighted by atomic mass is 15.3. The fourth-order valence-electron chi connectivity index (χ4n) is 2.55. The third-order valence-corrected chi connectivity index (χ3v) is 3.51. The second kappa shape index (κ2) is 5.36. The summed E-state index contributed by atoms with van der Waals surface area (Å²) in [7, 11) is 0. The van der Waals surface area contributed by atoms with Crippen LogP contribution in [0.5, 0.6) is 0 Å². The van der Waals surface area contributed by atoms with Crippen molar-refractivity contribution < 1.29 is 0 Å². The summed E-state index contributed by atoms with van der Waals surface area (Å²) in [6.45, 7) is 4.92. The molecule has 1 atom stereocenters. The maximum absolute atomic E-state index is 4.43. The zero-order valence-electron chi connectivity index (χ0n) is 11.1. The Hall–Kier alpha value is -1.94. The molecule has 4 heteroatoms. The van der Waals surface area contributed by atoms with Crippen LogP contribution in [0.15, 0.2) is 42.7 Å². The Kier molecular flexibility index (Phi) is 3.42. The largest absolute Gasteiger partial charge is 0.347 e. The first kappa shape index (κ1) is 12.1. The Balaban J connectivity index is 1.93. The maximum Gasteiger partial charge on any atom is 0.132 e. The van der Waals surface area contributed by atoms with Gasteiger partial charge in [-0.25, -0.2) is 9.97 Å². The standard InChI is InChI=1S/C15H18N4/c1-12-9-15(18-11-17-12)19-8-7-16-10-14(19)13-5-3-2-4-6-13/h2-6,9,11,14,16H,7-8,10H2,1H3. The van der Waals surface area contributed by atoms with Crippen LogP contribution in [0.1, 0.15) is 17.3 Å². The molecule has 0 spiro atoms. The van der Waals surface area contributed by atoms with Crippen LogP contribution >= 0.6 is 0 Å². The van der Waals surface area contributed by atoms with Gasteiger partial charge >= 0.3 is 0 Å². The first-order valence-electron chi connectivity index (χ1n) is 6.65. The Morgan fingerprint density at radius 1 is 1.21 bits per heavy atom. The highest BCUT2D eigenvalue weighted by molar-refractivity contribution is 5.43. The van der Waals surface area contributed by atoms with E-state index >= 15 is 0 Å². The van der Waals surface area contributed by atoms with E-state index < -0.39 is 0 Å². The number of nitrogens with one attached hydrogen (secondary N) is 1. The summed E-state index contributed by atoms with van der Waals surface area (Å²) < 4.78 is 0. The van der Waals surface area contributed by atoms with Crippen LogP contribution in [-0.2, 0) is 0 Å². The monoisotopic (exact) mass is 254 g/mol. The second-order valence-corrected chi connectivity index (χ2v) is 4.84. The summed E-state index contributed by atoms with van der Waals surface area (Å²) in [5, 5.41) is 3.46. The Bertz CT molecular complexity index is 541. The first-order chi connectivity index (χ1) is 9.34. The predicted octanol–water partition coefficient (Wildman–Crippen LogP) is 1.94. The topological polar surface area (TPSA) is 41.0 Å². The van der Waals surface area contributed by atoms with Gasteiger partial charge in [0.1, 0.15) is 12.1 Å².